The first kappa shape index (κ1) is 44.5. The number of rotatable bonds is 10. The number of fused-ring (bicyclic) bond motifs is 2. The van der Waals surface area contributed by atoms with Gasteiger partial charge >= 0.3 is 0 Å². The van der Waals surface area contributed by atoms with Crippen molar-refractivity contribution in [1.82, 2.24) is 38.9 Å². The lowest BCUT2D eigenvalue weighted by Crippen LogP contribution is -2.54. The van der Waals surface area contributed by atoms with E-state index in [2.05, 4.69) is 30.9 Å². The van der Waals surface area contributed by atoms with Gasteiger partial charge in [-0.2, -0.15) is 4.31 Å². The van der Waals surface area contributed by atoms with Crippen molar-refractivity contribution >= 4 is 67.9 Å². The van der Waals surface area contributed by atoms with Crippen LogP contribution in [-0.4, -0.2) is 110 Å². The number of amides is 5. The van der Waals surface area contributed by atoms with E-state index in [4.69, 9.17) is 0 Å². The van der Waals surface area contributed by atoms with Crippen molar-refractivity contribution in [3.63, 3.8) is 0 Å². The van der Waals surface area contributed by atoms with E-state index in [1.54, 1.807) is 30.0 Å². The number of likely N-dealkylation sites (tertiary alicyclic amines) is 1. The molecule has 3 N–H and O–H groups in total. The normalized spacial score (nSPS) is 18.9. The lowest BCUT2D eigenvalue weighted by Gasteiger charge is -2.46. The molecule has 66 heavy (non-hydrogen) atoms. The average molecular weight is 927 g/mol. The van der Waals surface area contributed by atoms with E-state index in [0.717, 1.165) is 23.2 Å². The average Bonchev–Trinajstić information content (AvgIpc) is 3.75. The first-order valence-corrected chi connectivity index (χ1v) is 23.0. The Morgan fingerprint density at radius 2 is 1.55 bits per heavy atom. The maximum Gasteiger partial charge on any atom is 0.262 e. The van der Waals surface area contributed by atoms with Crippen LogP contribution in [0, 0.1) is 29.8 Å². The van der Waals surface area contributed by atoms with Gasteiger partial charge in [0.25, 0.3) is 11.8 Å². The zero-order valence-electron chi connectivity index (χ0n) is 36.2. The SMILES string of the molecule is Cc1nc2c(F)cc(-c3nc(Nc4ccc(S(=O)(=O)N5CCC6(CCN(C(=O)CNc7cc8c(cc7F)C(=O)N(C7CCC(=O)NC7=O)C8=O)CC6)CC5)cc4)ncc3F)cc2n1C(C)C. The van der Waals surface area contributed by atoms with Crippen molar-refractivity contribution in [2.24, 2.45) is 5.41 Å². The highest BCUT2D eigenvalue weighted by Crippen LogP contribution is 2.43. The van der Waals surface area contributed by atoms with Gasteiger partial charge in [0, 0.05) is 49.9 Å². The minimum absolute atomic E-state index is 0.0205. The number of imidazole rings is 1. The predicted octanol–water partition coefficient (Wildman–Crippen LogP) is 5.45. The monoisotopic (exact) mass is 926 g/mol. The van der Waals surface area contributed by atoms with Crippen molar-refractivity contribution < 1.29 is 45.6 Å². The first-order valence-electron chi connectivity index (χ1n) is 21.6. The number of aromatic nitrogens is 4. The molecule has 344 valence electrons. The molecule has 0 aliphatic carbocycles. The van der Waals surface area contributed by atoms with Crippen LogP contribution >= 0.6 is 0 Å². The predicted molar refractivity (Wildman–Crippen MR) is 233 cm³/mol. The number of carbonyl (C=O) groups is 5. The van der Waals surface area contributed by atoms with Crippen molar-refractivity contribution in [3.05, 3.63) is 89.1 Å². The van der Waals surface area contributed by atoms with Gasteiger partial charge in [0.1, 0.15) is 28.9 Å². The maximum atomic E-state index is 15.2. The fourth-order valence-electron chi connectivity index (χ4n) is 9.52. The molecule has 1 spiro atoms. The Balaban J connectivity index is 0.778. The van der Waals surface area contributed by atoms with Crippen LogP contribution in [-0.2, 0) is 24.4 Å². The van der Waals surface area contributed by atoms with E-state index in [1.807, 2.05) is 18.4 Å². The lowest BCUT2D eigenvalue weighted by atomic mass is 9.71. The Hall–Kier alpha value is -6.74. The van der Waals surface area contributed by atoms with Crippen LogP contribution in [0.4, 0.5) is 30.5 Å². The van der Waals surface area contributed by atoms with Crippen LogP contribution in [0.2, 0.25) is 0 Å². The van der Waals surface area contributed by atoms with E-state index in [0.29, 0.717) is 55.8 Å². The van der Waals surface area contributed by atoms with Crippen LogP contribution < -0.4 is 16.0 Å². The molecular formula is C45H45F3N10O7S. The third-order valence-electron chi connectivity index (χ3n) is 13.1. The highest BCUT2D eigenvalue weighted by molar-refractivity contribution is 7.89. The van der Waals surface area contributed by atoms with Crippen LogP contribution in [0.25, 0.3) is 22.3 Å². The number of nitrogens with one attached hydrogen (secondary N) is 3. The number of imide groups is 2. The molecule has 0 saturated carbocycles. The highest BCUT2D eigenvalue weighted by atomic mass is 32.2. The molecule has 17 nitrogen and oxygen atoms in total. The van der Waals surface area contributed by atoms with Crippen LogP contribution in [0.15, 0.2) is 59.6 Å². The van der Waals surface area contributed by atoms with Crippen molar-refractivity contribution in [2.45, 2.75) is 76.3 Å². The number of anilines is 3. The third kappa shape index (κ3) is 8.03. The number of aryl methyl sites for hydroxylation is 1. The summed E-state index contributed by atoms with van der Waals surface area (Å²) in [5.74, 6) is -4.81. The first-order chi connectivity index (χ1) is 31.4. The maximum absolute atomic E-state index is 15.2. The molecule has 4 aliphatic heterocycles. The number of hydrogen-bond acceptors (Lipinski definition) is 12. The topological polar surface area (TPSA) is 209 Å². The van der Waals surface area contributed by atoms with Crippen LogP contribution in [0.5, 0.6) is 0 Å². The van der Waals surface area contributed by atoms with Crippen LogP contribution in [0.1, 0.15) is 85.0 Å². The summed E-state index contributed by atoms with van der Waals surface area (Å²) in [4.78, 5) is 78.7. The zero-order chi connectivity index (χ0) is 46.8. The highest BCUT2D eigenvalue weighted by Gasteiger charge is 2.46. The van der Waals surface area contributed by atoms with Gasteiger partial charge < -0.3 is 20.1 Å². The Bertz CT molecular complexity index is 2960. The largest absolute Gasteiger partial charge is 0.374 e. The molecule has 2 aromatic heterocycles. The number of piperidine rings is 3. The van der Waals surface area contributed by atoms with Gasteiger partial charge in [0.05, 0.1) is 40.0 Å². The van der Waals surface area contributed by atoms with Gasteiger partial charge in [-0.3, -0.25) is 34.2 Å². The lowest BCUT2D eigenvalue weighted by molar-refractivity contribution is -0.136. The Kier molecular flexibility index (Phi) is 11.4. The van der Waals surface area contributed by atoms with Gasteiger partial charge in [-0.1, -0.05) is 0 Å². The molecule has 5 aromatic rings. The zero-order valence-corrected chi connectivity index (χ0v) is 37.0. The third-order valence-corrected chi connectivity index (χ3v) is 15.0. The summed E-state index contributed by atoms with van der Waals surface area (Å²) in [5.41, 5.74) is 0.554. The molecular weight excluding hydrogens is 882 g/mol. The number of hydrogen-bond donors (Lipinski definition) is 3. The Labute approximate surface area is 376 Å². The number of nitrogens with zero attached hydrogens (tertiary/aromatic N) is 7. The molecule has 4 aliphatic rings. The van der Waals surface area contributed by atoms with Gasteiger partial charge in [0.2, 0.25) is 33.7 Å². The van der Waals surface area contributed by atoms with Crippen molar-refractivity contribution in [3.8, 4) is 11.3 Å². The summed E-state index contributed by atoms with van der Waals surface area (Å²) in [7, 11) is -3.86. The minimum atomic E-state index is -3.86. The number of benzene rings is 3. The van der Waals surface area contributed by atoms with Gasteiger partial charge in [-0.25, -0.2) is 36.5 Å². The fourth-order valence-corrected chi connectivity index (χ4v) is 11.0. The summed E-state index contributed by atoms with van der Waals surface area (Å²) in [6.45, 7) is 6.77. The van der Waals surface area contributed by atoms with Crippen LogP contribution in [0.3, 0.4) is 0 Å². The standard InChI is InChI=1S/C45H45F3N10O7S/c1-24(2)57-25(3)51-40-32(47)18-26(19-36(40)57)39-33(48)22-50-44(54-39)52-27-4-6-28(7-5-27)66(64,65)56-16-12-45(13-17-56)10-14-55(15-11-45)38(60)23-49-34-21-30-29(20-31(34)46)42(62)58(43(30)63)35-8-9-37(59)53-41(35)61/h4-7,18-22,24,35,49H,8-17,23H2,1-3H3,(H,50,52,54)(H,53,59,61). The second-order valence-electron chi connectivity index (χ2n) is 17.5. The smallest absolute Gasteiger partial charge is 0.262 e. The molecule has 3 fully saturated rings. The summed E-state index contributed by atoms with van der Waals surface area (Å²) in [5, 5.41) is 7.84. The van der Waals surface area contributed by atoms with Gasteiger partial charge in [0.15, 0.2) is 11.6 Å². The molecule has 1 atom stereocenters. The molecule has 1 unspecified atom stereocenters. The molecule has 9 rings (SSSR count). The summed E-state index contributed by atoms with van der Waals surface area (Å²) in [6, 6.07) is 9.69. The summed E-state index contributed by atoms with van der Waals surface area (Å²) in [6.07, 6.45) is 3.36. The fraction of sp³-hybridized carbons (Fsp3) is 0.378. The van der Waals surface area contributed by atoms with E-state index in [9.17, 15) is 32.4 Å². The minimum Gasteiger partial charge on any atom is -0.374 e. The van der Waals surface area contributed by atoms with Crippen molar-refractivity contribution in [1.29, 1.82) is 0 Å². The molecule has 0 radical (unpaired) electrons. The summed E-state index contributed by atoms with van der Waals surface area (Å²) >= 11 is 0. The van der Waals surface area contributed by atoms with Crippen molar-refractivity contribution in [2.75, 3.05) is 43.4 Å². The van der Waals surface area contributed by atoms with E-state index in [1.165, 1.54) is 22.5 Å². The van der Waals surface area contributed by atoms with Gasteiger partial charge in [-0.15, -0.1) is 0 Å². The van der Waals surface area contributed by atoms with E-state index < -0.39 is 57.1 Å². The van der Waals surface area contributed by atoms with Gasteiger partial charge in [-0.05, 0) is 107 Å². The summed E-state index contributed by atoms with van der Waals surface area (Å²) < 4.78 is 76.3. The van der Waals surface area contributed by atoms with E-state index in [-0.39, 0.29) is 94.3 Å². The number of sulfonamides is 1. The molecule has 3 saturated heterocycles. The number of carbonyl (C=O) groups excluding carboxylic acids is 5. The Morgan fingerprint density at radius 1 is 0.879 bits per heavy atom. The quantitative estimate of drug-likeness (QED) is 0.150. The van der Waals surface area contributed by atoms with E-state index >= 15 is 13.2 Å². The molecule has 3 aromatic carbocycles. The second-order valence-corrected chi connectivity index (χ2v) is 19.4. The molecule has 5 amide bonds. The molecule has 21 heteroatoms. The molecule has 6 heterocycles. The second kappa shape index (κ2) is 16.9. The molecule has 0 bridgehead atoms. The number of halogens is 3. The Morgan fingerprint density at radius 3 is 2.21 bits per heavy atom.